The van der Waals surface area contributed by atoms with Gasteiger partial charge in [-0.15, -0.1) is 0 Å². The van der Waals surface area contributed by atoms with Gasteiger partial charge in [-0.1, -0.05) is 64.7 Å². The lowest BCUT2D eigenvalue weighted by Gasteiger charge is -2.04. The highest BCUT2D eigenvalue weighted by Crippen LogP contribution is 2.09. The molecule has 0 atom stereocenters. The van der Waals surface area contributed by atoms with Gasteiger partial charge >= 0.3 is 0 Å². The molecule has 0 bridgehead atoms. The molecule has 0 amide bonds. The minimum atomic E-state index is 0.603. The molecule has 0 spiro atoms. The maximum absolute atomic E-state index is 3.81. The van der Waals surface area contributed by atoms with Crippen LogP contribution in [0.4, 0.5) is 0 Å². The van der Waals surface area contributed by atoms with E-state index in [2.05, 4.69) is 32.2 Å². The van der Waals surface area contributed by atoms with Crippen LogP contribution in [0.1, 0.15) is 46.5 Å². The van der Waals surface area contributed by atoms with Crippen LogP contribution in [-0.2, 0) is 0 Å². The molecule has 14 heavy (non-hydrogen) atoms. The molecule has 0 aromatic heterocycles. The summed E-state index contributed by atoms with van der Waals surface area (Å²) in [5, 5.41) is 0. The standard InChI is InChI=1S/C13H23B/c1-5-7-10-14(11-8-6-2)12-9-13(3)4/h3,5-8,10-11H2,1-2,4H3. The number of hydrogen-bond donors (Lipinski definition) is 0. The maximum atomic E-state index is 3.81. The zero-order chi connectivity index (χ0) is 10.8. The Kier molecular flexibility index (Phi) is 8.54. The van der Waals surface area contributed by atoms with E-state index in [1.807, 2.05) is 6.92 Å². The Morgan fingerprint density at radius 3 is 2.00 bits per heavy atom. The van der Waals surface area contributed by atoms with Gasteiger partial charge in [-0.05, 0) is 12.5 Å². The molecule has 0 aliphatic carbocycles. The van der Waals surface area contributed by atoms with Crippen molar-refractivity contribution in [2.45, 2.75) is 59.1 Å². The molecule has 0 heterocycles. The van der Waals surface area contributed by atoms with Gasteiger partial charge in [-0.3, -0.25) is 0 Å². The summed E-state index contributed by atoms with van der Waals surface area (Å²) in [6.07, 6.45) is 7.68. The third-order valence-corrected chi connectivity index (χ3v) is 2.30. The first-order valence-electron chi connectivity index (χ1n) is 5.87. The summed E-state index contributed by atoms with van der Waals surface area (Å²) in [7, 11) is 0. The molecule has 0 N–H and O–H groups in total. The maximum Gasteiger partial charge on any atom is 0.231 e. The largest absolute Gasteiger partial charge is 0.231 e. The van der Waals surface area contributed by atoms with Crippen LogP contribution in [0.25, 0.3) is 0 Å². The summed E-state index contributed by atoms with van der Waals surface area (Å²) in [6.45, 7) is 10.9. The second-order valence-electron chi connectivity index (χ2n) is 4.03. The van der Waals surface area contributed by atoms with Gasteiger partial charge in [0.1, 0.15) is 0 Å². The fourth-order valence-electron chi connectivity index (χ4n) is 1.41. The smallest absolute Gasteiger partial charge is 0.150 e. The van der Waals surface area contributed by atoms with Gasteiger partial charge in [0.2, 0.25) is 6.71 Å². The monoisotopic (exact) mass is 190 g/mol. The number of hydrogen-bond acceptors (Lipinski definition) is 0. The van der Waals surface area contributed by atoms with Crippen LogP contribution in [0.15, 0.2) is 12.2 Å². The second-order valence-corrected chi connectivity index (χ2v) is 4.03. The van der Waals surface area contributed by atoms with E-state index in [1.54, 1.807) is 0 Å². The summed E-state index contributed by atoms with van der Waals surface area (Å²) in [4.78, 5) is 0. The van der Waals surface area contributed by atoms with Gasteiger partial charge in [-0.2, -0.15) is 5.82 Å². The molecule has 0 aromatic carbocycles. The summed E-state index contributed by atoms with van der Waals surface area (Å²) >= 11 is 0. The van der Waals surface area contributed by atoms with Crippen molar-refractivity contribution in [3.8, 4) is 11.7 Å². The van der Waals surface area contributed by atoms with E-state index in [1.165, 1.54) is 38.3 Å². The van der Waals surface area contributed by atoms with Crippen molar-refractivity contribution in [3.63, 3.8) is 0 Å². The van der Waals surface area contributed by atoms with Gasteiger partial charge in [0.15, 0.2) is 0 Å². The lowest BCUT2D eigenvalue weighted by molar-refractivity contribution is 0.846. The lowest BCUT2D eigenvalue weighted by atomic mass is 9.44. The van der Waals surface area contributed by atoms with E-state index in [0.29, 0.717) is 6.71 Å². The third-order valence-electron chi connectivity index (χ3n) is 2.30. The molecule has 0 saturated carbocycles. The van der Waals surface area contributed by atoms with E-state index < -0.39 is 0 Å². The van der Waals surface area contributed by atoms with Gasteiger partial charge < -0.3 is 0 Å². The Morgan fingerprint density at radius 2 is 1.64 bits per heavy atom. The Balaban J connectivity index is 3.97. The van der Waals surface area contributed by atoms with Crippen molar-refractivity contribution in [2.75, 3.05) is 0 Å². The van der Waals surface area contributed by atoms with Crippen LogP contribution in [0.2, 0.25) is 12.6 Å². The third kappa shape index (κ3) is 7.99. The molecular formula is C13H23B. The van der Waals surface area contributed by atoms with Crippen LogP contribution < -0.4 is 0 Å². The van der Waals surface area contributed by atoms with Crippen molar-refractivity contribution >= 4 is 6.71 Å². The van der Waals surface area contributed by atoms with E-state index in [0.717, 1.165) is 5.57 Å². The SMILES string of the molecule is C=C(C)C#CB(CCCC)CCCC. The Morgan fingerprint density at radius 1 is 1.14 bits per heavy atom. The van der Waals surface area contributed by atoms with Gasteiger partial charge in [-0.25, -0.2) is 0 Å². The highest BCUT2D eigenvalue weighted by molar-refractivity contribution is 6.67. The summed E-state index contributed by atoms with van der Waals surface area (Å²) in [5.41, 5.74) is 0.989. The molecule has 0 radical (unpaired) electrons. The predicted octanol–water partition coefficient (Wildman–Crippen LogP) is 4.20. The molecule has 0 aliphatic heterocycles. The van der Waals surface area contributed by atoms with E-state index in [-0.39, 0.29) is 0 Å². The minimum absolute atomic E-state index is 0.603. The summed E-state index contributed by atoms with van der Waals surface area (Å²) in [6, 6.07) is 0. The van der Waals surface area contributed by atoms with Crippen molar-refractivity contribution in [1.82, 2.24) is 0 Å². The van der Waals surface area contributed by atoms with E-state index in [4.69, 9.17) is 0 Å². The molecule has 0 nitrogen and oxygen atoms in total. The first-order chi connectivity index (χ1) is 6.70. The van der Waals surface area contributed by atoms with Gasteiger partial charge in [0.25, 0.3) is 0 Å². The molecule has 0 unspecified atom stereocenters. The van der Waals surface area contributed by atoms with Crippen LogP contribution in [0.3, 0.4) is 0 Å². The Hall–Kier alpha value is -0.635. The number of allylic oxidation sites excluding steroid dienone is 1. The minimum Gasteiger partial charge on any atom is -0.150 e. The van der Waals surface area contributed by atoms with Crippen molar-refractivity contribution in [3.05, 3.63) is 12.2 Å². The van der Waals surface area contributed by atoms with E-state index >= 15 is 0 Å². The first-order valence-corrected chi connectivity index (χ1v) is 5.87. The van der Waals surface area contributed by atoms with Crippen molar-refractivity contribution < 1.29 is 0 Å². The van der Waals surface area contributed by atoms with Crippen molar-refractivity contribution in [2.24, 2.45) is 0 Å². The van der Waals surface area contributed by atoms with Crippen LogP contribution in [0.5, 0.6) is 0 Å². The lowest BCUT2D eigenvalue weighted by Crippen LogP contribution is -2.09. The predicted molar refractivity (Wildman–Crippen MR) is 67.8 cm³/mol. The van der Waals surface area contributed by atoms with Gasteiger partial charge in [0.05, 0.1) is 0 Å². The van der Waals surface area contributed by atoms with Crippen molar-refractivity contribution in [1.29, 1.82) is 0 Å². The molecule has 0 aliphatic rings. The highest BCUT2D eigenvalue weighted by Gasteiger charge is 2.08. The Bertz CT molecular complexity index is 199. The molecule has 0 fully saturated rings. The highest BCUT2D eigenvalue weighted by atomic mass is 13.8. The normalized spacial score (nSPS) is 9.07. The number of unbranched alkanes of at least 4 members (excludes halogenated alkanes) is 2. The molecule has 1 heteroatoms. The molecule has 78 valence electrons. The fraction of sp³-hybridized carbons (Fsp3) is 0.692. The van der Waals surface area contributed by atoms with Gasteiger partial charge in [0, 0.05) is 0 Å². The second kappa shape index (κ2) is 8.94. The van der Waals surface area contributed by atoms with E-state index in [9.17, 15) is 0 Å². The molecule has 0 aromatic rings. The summed E-state index contributed by atoms with van der Waals surface area (Å²) in [5.74, 6) is 6.46. The van der Waals surface area contributed by atoms with Crippen LogP contribution in [-0.4, -0.2) is 6.71 Å². The number of rotatable bonds is 6. The quantitative estimate of drug-likeness (QED) is 0.435. The fourth-order valence-corrected chi connectivity index (χ4v) is 1.41. The molecular weight excluding hydrogens is 167 g/mol. The zero-order valence-electron chi connectivity index (χ0n) is 10.0. The van der Waals surface area contributed by atoms with Crippen LogP contribution >= 0.6 is 0 Å². The van der Waals surface area contributed by atoms with Crippen LogP contribution in [0, 0.1) is 11.7 Å². The molecule has 0 rings (SSSR count). The average molecular weight is 190 g/mol. The average Bonchev–Trinajstić information content (AvgIpc) is 2.16. The topological polar surface area (TPSA) is 0 Å². The summed E-state index contributed by atoms with van der Waals surface area (Å²) < 4.78 is 0. The zero-order valence-corrected chi connectivity index (χ0v) is 10.0. The molecule has 0 saturated heterocycles. The Labute approximate surface area is 90.3 Å². The first kappa shape index (κ1) is 13.4.